The normalized spacial score (nSPS) is 9.62. The maximum Gasteiger partial charge on any atom is 0.287 e. The largest absolute Gasteiger partial charge is 0.476 e. The van der Waals surface area contributed by atoms with Crippen LogP contribution in [0.2, 0.25) is 0 Å². The van der Waals surface area contributed by atoms with Crippen LogP contribution >= 0.6 is 0 Å². The molecule has 0 aliphatic rings. The van der Waals surface area contributed by atoms with Crippen molar-refractivity contribution in [2.75, 3.05) is 13.2 Å². The van der Waals surface area contributed by atoms with Gasteiger partial charge >= 0.3 is 0 Å². The maximum atomic E-state index is 10.2. The Morgan fingerprint density at radius 2 is 2.38 bits per heavy atom. The predicted octanol–water partition coefficient (Wildman–Crippen LogP) is 0.327. The summed E-state index contributed by atoms with van der Waals surface area (Å²) >= 11 is 0. The summed E-state index contributed by atoms with van der Waals surface area (Å²) in [7, 11) is 0. The van der Waals surface area contributed by atoms with Crippen molar-refractivity contribution in [1.82, 2.24) is 4.98 Å². The van der Waals surface area contributed by atoms with Crippen LogP contribution in [-0.4, -0.2) is 23.1 Å². The van der Waals surface area contributed by atoms with Gasteiger partial charge in [-0.15, -0.1) is 0 Å². The first kappa shape index (κ1) is 9.40. The third-order valence-electron chi connectivity index (χ3n) is 1.30. The molecule has 13 heavy (non-hydrogen) atoms. The van der Waals surface area contributed by atoms with Crippen LogP contribution in [0.4, 0.5) is 5.69 Å². The molecule has 0 saturated carbocycles. The summed E-state index contributed by atoms with van der Waals surface area (Å²) in [5, 5.41) is 10.2. The minimum absolute atomic E-state index is 0.0555. The van der Waals surface area contributed by atoms with Gasteiger partial charge in [0, 0.05) is 18.7 Å². The van der Waals surface area contributed by atoms with E-state index in [1.807, 2.05) is 0 Å². The topological polar surface area (TPSA) is 91.3 Å². The quantitative estimate of drug-likeness (QED) is 0.536. The first-order valence-corrected chi connectivity index (χ1v) is 3.67. The highest BCUT2D eigenvalue weighted by Crippen LogP contribution is 2.12. The van der Waals surface area contributed by atoms with Crippen LogP contribution in [-0.2, 0) is 0 Å². The molecule has 0 aliphatic heterocycles. The minimum atomic E-state index is -0.514. The average molecular weight is 183 g/mol. The second-order valence-electron chi connectivity index (χ2n) is 2.25. The SMILES string of the molecule is NCCOc1ccc([N+](=O)[O-])cn1. The molecule has 1 aromatic heterocycles. The van der Waals surface area contributed by atoms with E-state index in [4.69, 9.17) is 10.5 Å². The lowest BCUT2D eigenvalue weighted by atomic mass is 10.4. The molecular formula is C7H9N3O3. The zero-order valence-electron chi connectivity index (χ0n) is 6.84. The van der Waals surface area contributed by atoms with Crippen molar-refractivity contribution < 1.29 is 9.66 Å². The molecule has 6 nitrogen and oxygen atoms in total. The molecule has 0 atom stereocenters. The third-order valence-corrected chi connectivity index (χ3v) is 1.30. The van der Waals surface area contributed by atoms with Gasteiger partial charge in [0.25, 0.3) is 5.69 Å². The predicted molar refractivity (Wildman–Crippen MR) is 45.4 cm³/mol. The van der Waals surface area contributed by atoms with Crippen LogP contribution in [0.3, 0.4) is 0 Å². The van der Waals surface area contributed by atoms with E-state index in [2.05, 4.69) is 4.98 Å². The first-order valence-electron chi connectivity index (χ1n) is 3.67. The van der Waals surface area contributed by atoms with Crippen LogP contribution < -0.4 is 10.5 Å². The van der Waals surface area contributed by atoms with Crippen molar-refractivity contribution in [3.63, 3.8) is 0 Å². The number of aromatic nitrogens is 1. The van der Waals surface area contributed by atoms with Crippen molar-refractivity contribution in [1.29, 1.82) is 0 Å². The Morgan fingerprint density at radius 3 is 2.85 bits per heavy atom. The van der Waals surface area contributed by atoms with E-state index < -0.39 is 4.92 Å². The van der Waals surface area contributed by atoms with Gasteiger partial charge in [-0.05, 0) is 0 Å². The fourth-order valence-electron chi connectivity index (χ4n) is 0.729. The summed E-state index contributed by atoms with van der Waals surface area (Å²) in [4.78, 5) is 13.4. The molecule has 0 saturated heterocycles. The summed E-state index contributed by atoms with van der Waals surface area (Å²) < 4.78 is 5.03. The van der Waals surface area contributed by atoms with E-state index in [-0.39, 0.29) is 5.69 Å². The van der Waals surface area contributed by atoms with Crippen LogP contribution in [0.15, 0.2) is 18.3 Å². The highest BCUT2D eigenvalue weighted by molar-refractivity contribution is 5.28. The Labute approximate surface area is 74.5 Å². The molecule has 0 spiro atoms. The van der Waals surface area contributed by atoms with E-state index in [1.54, 1.807) is 0 Å². The molecule has 0 bridgehead atoms. The van der Waals surface area contributed by atoms with E-state index in [1.165, 1.54) is 12.1 Å². The fraction of sp³-hybridized carbons (Fsp3) is 0.286. The van der Waals surface area contributed by atoms with Crippen molar-refractivity contribution >= 4 is 5.69 Å². The number of nitrogens with zero attached hydrogens (tertiary/aromatic N) is 2. The second kappa shape index (κ2) is 4.36. The van der Waals surface area contributed by atoms with Crippen LogP contribution in [0, 0.1) is 10.1 Å². The van der Waals surface area contributed by atoms with E-state index in [9.17, 15) is 10.1 Å². The van der Waals surface area contributed by atoms with Gasteiger partial charge in [-0.3, -0.25) is 10.1 Å². The lowest BCUT2D eigenvalue weighted by Gasteiger charge is -2.01. The molecule has 1 heterocycles. The van der Waals surface area contributed by atoms with Gasteiger partial charge in [0.15, 0.2) is 0 Å². The summed E-state index contributed by atoms with van der Waals surface area (Å²) in [6.07, 6.45) is 1.14. The van der Waals surface area contributed by atoms with E-state index in [0.717, 1.165) is 6.20 Å². The second-order valence-corrected chi connectivity index (χ2v) is 2.25. The molecule has 6 heteroatoms. The molecule has 0 aromatic carbocycles. The molecule has 0 fully saturated rings. The lowest BCUT2D eigenvalue weighted by Crippen LogP contribution is -2.11. The number of nitrogens with two attached hydrogens (primary N) is 1. The van der Waals surface area contributed by atoms with Gasteiger partial charge in [-0.25, -0.2) is 4.98 Å². The molecule has 0 aliphatic carbocycles. The van der Waals surface area contributed by atoms with Crippen molar-refractivity contribution in [3.05, 3.63) is 28.4 Å². The van der Waals surface area contributed by atoms with Gasteiger partial charge < -0.3 is 10.5 Å². The Kier molecular flexibility index (Phi) is 3.15. The van der Waals surface area contributed by atoms with Crippen LogP contribution in [0.25, 0.3) is 0 Å². The molecule has 0 radical (unpaired) electrons. The number of hydrogen-bond donors (Lipinski definition) is 1. The summed E-state index contributed by atoms with van der Waals surface area (Å²) in [6.45, 7) is 0.740. The Bertz CT molecular complexity index is 286. The lowest BCUT2D eigenvalue weighted by molar-refractivity contribution is -0.385. The average Bonchev–Trinajstić information content (AvgIpc) is 2.15. The van der Waals surface area contributed by atoms with Gasteiger partial charge in [-0.1, -0.05) is 0 Å². The highest BCUT2D eigenvalue weighted by Gasteiger charge is 2.04. The number of pyridine rings is 1. The van der Waals surface area contributed by atoms with Crippen LogP contribution in [0.1, 0.15) is 0 Å². The summed E-state index contributed by atoms with van der Waals surface area (Å²) in [5.74, 6) is 0.344. The minimum Gasteiger partial charge on any atom is -0.476 e. The van der Waals surface area contributed by atoms with Crippen molar-refractivity contribution in [2.45, 2.75) is 0 Å². The fourth-order valence-corrected chi connectivity index (χ4v) is 0.729. The first-order chi connectivity index (χ1) is 6.24. The monoisotopic (exact) mass is 183 g/mol. The highest BCUT2D eigenvalue weighted by atomic mass is 16.6. The van der Waals surface area contributed by atoms with E-state index >= 15 is 0 Å². The van der Waals surface area contributed by atoms with Gasteiger partial charge in [0.2, 0.25) is 5.88 Å². The molecule has 0 unspecified atom stereocenters. The van der Waals surface area contributed by atoms with Crippen LogP contribution in [0.5, 0.6) is 5.88 Å². The van der Waals surface area contributed by atoms with Gasteiger partial charge in [0.05, 0.1) is 4.92 Å². The number of nitro groups is 1. The third kappa shape index (κ3) is 2.68. The number of rotatable bonds is 4. The molecule has 70 valence electrons. The van der Waals surface area contributed by atoms with Gasteiger partial charge in [-0.2, -0.15) is 0 Å². The molecule has 0 amide bonds. The molecule has 1 aromatic rings. The Hall–Kier alpha value is -1.69. The van der Waals surface area contributed by atoms with Gasteiger partial charge in [0.1, 0.15) is 12.8 Å². The molecule has 1 rings (SSSR count). The zero-order valence-corrected chi connectivity index (χ0v) is 6.84. The number of hydrogen-bond acceptors (Lipinski definition) is 5. The van der Waals surface area contributed by atoms with E-state index in [0.29, 0.717) is 19.0 Å². The Morgan fingerprint density at radius 1 is 1.62 bits per heavy atom. The smallest absolute Gasteiger partial charge is 0.287 e. The van der Waals surface area contributed by atoms with Crippen molar-refractivity contribution in [3.8, 4) is 5.88 Å². The molecule has 2 N–H and O–H groups in total. The standard InChI is InChI=1S/C7H9N3O3/c8-3-4-13-7-2-1-6(5-9-7)10(11)12/h1-2,5H,3-4,8H2. The molecular weight excluding hydrogens is 174 g/mol. The maximum absolute atomic E-state index is 10.2. The summed E-state index contributed by atoms with van der Waals surface area (Å²) in [6, 6.07) is 2.77. The summed E-state index contributed by atoms with van der Waals surface area (Å²) in [5.41, 5.74) is 5.14. The Balaban J connectivity index is 2.64. The van der Waals surface area contributed by atoms with Crippen molar-refractivity contribution in [2.24, 2.45) is 5.73 Å². The number of ether oxygens (including phenoxy) is 1. The zero-order chi connectivity index (χ0) is 9.68.